The molecular formula is H8Al2O3Si3. The van der Waals surface area contributed by atoms with Crippen LogP contribution < -0.4 is 0 Å². The average molecular weight is 194 g/mol. The van der Waals surface area contributed by atoms with Crippen molar-refractivity contribution >= 4 is 67.6 Å². The monoisotopic (exact) mass is 194 g/mol. The van der Waals surface area contributed by atoms with Gasteiger partial charge in [0, 0.05) is 11.0 Å². The zero-order valence-electron chi connectivity index (χ0n) is 2.88. The molecule has 44 valence electrons. The van der Waals surface area contributed by atoms with E-state index in [1.54, 1.807) is 0 Å². The van der Waals surface area contributed by atoms with E-state index in [0.29, 0.717) is 0 Å². The minimum absolute atomic E-state index is 0. The molecule has 0 aromatic rings. The second kappa shape index (κ2) is 195. The third kappa shape index (κ3) is 130. The van der Waals surface area contributed by atoms with E-state index in [1.165, 1.54) is 0 Å². The van der Waals surface area contributed by atoms with Crippen LogP contribution in [0.1, 0.15) is 0 Å². The van der Waals surface area contributed by atoms with Crippen molar-refractivity contribution in [1.29, 1.82) is 0 Å². The van der Waals surface area contributed by atoms with Gasteiger partial charge in [-0.25, -0.2) is 0 Å². The Balaban J connectivity index is 0. The average Bonchev–Trinajstić information content (AvgIpc) is 0. The Morgan fingerprint density at radius 2 is 0.500 bits per heavy atom. The minimum atomic E-state index is 0. The third-order valence-electron chi connectivity index (χ3n) is 0. The Labute approximate surface area is 83.9 Å². The van der Waals surface area contributed by atoms with Gasteiger partial charge in [0.15, 0.2) is 0 Å². The molecule has 0 aromatic carbocycles. The second-order valence-electron chi connectivity index (χ2n) is 0. The predicted octanol–water partition coefficient (Wildman–Crippen LogP) is -4.40. The second-order valence-corrected chi connectivity index (χ2v) is 0. The molecule has 0 amide bonds. The van der Waals surface area contributed by atoms with Gasteiger partial charge in [-0.3, -0.25) is 0 Å². The van der Waals surface area contributed by atoms with Gasteiger partial charge in [-0.05, 0) is 21.9 Å². The fourth-order valence-electron chi connectivity index (χ4n) is 0. The van der Waals surface area contributed by atoms with E-state index in [9.17, 15) is 0 Å². The number of hydrogen-bond donors (Lipinski definition) is 0. The van der Waals surface area contributed by atoms with Crippen LogP contribution in [-0.4, -0.2) is 67.6 Å². The van der Waals surface area contributed by atoms with Crippen molar-refractivity contribution in [3.63, 3.8) is 0 Å². The first-order chi connectivity index (χ1) is 0. The molecule has 8 heteroatoms. The summed E-state index contributed by atoms with van der Waals surface area (Å²) in [7, 11) is 0. The zero-order chi connectivity index (χ0) is 0. The van der Waals surface area contributed by atoms with Crippen LogP contribution in [0.3, 0.4) is 0 Å². The maximum absolute atomic E-state index is 0. The van der Waals surface area contributed by atoms with E-state index in [4.69, 9.17) is 0 Å². The standard InChI is InChI=1S/2Al.3O.2H4Si.Si/h;;;;;2*1H4;/q2*+3;3*-2;;;. The molecule has 0 unspecified atom stereocenters. The Kier molecular flexibility index (Phi) is 6780. The summed E-state index contributed by atoms with van der Waals surface area (Å²) in [5.41, 5.74) is 0. The molecule has 0 rings (SSSR count). The van der Waals surface area contributed by atoms with Crippen molar-refractivity contribution in [2.75, 3.05) is 0 Å². The van der Waals surface area contributed by atoms with Crippen molar-refractivity contribution in [3.8, 4) is 0 Å². The van der Waals surface area contributed by atoms with Gasteiger partial charge < -0.3 is 16.4 Å². The maximum atomic E-state index is 0. The molecule has 0 heterocycles. The molecule has 0 aromatic heterocycles. The summed E-state index contributed by atoms with van der Waals surface area (Å²) in [6.45, 7) is 0. The Morgan fingerprint density at radius 3 is 0.500 bits per heavy atom. The molecule has 0 saturated heterocycles. The number of hydrogen-bond acceptors (Lipinski definition) is 0. The van der Waals surface area contributed by atoms with Crippen LogP contribution in [0, 0.1) is 0 Å². The molecule has 4 radical (unpaired) electrons. The van der Waals surface area contributed by atoms with Crippen molar-refractivity contribution in [1.82, 2.24) is 0 Å². The summed E-state index contributed by atoms with van der Waals surface area (Å²) < 4.78 is 0. The van der Waals surface area contributed by atoms with Gasteiger partial charge in [0.25, 0.3) is 0 Å². The van der Waals surface area contributed by atoms with Crippen LogP contribution in [-0.2, 0) is 16.4 Å². The zero-order valence-corrected chi connectivity index (χ0v) is 6.19. The van der Waals surface area contributed by atoms with E-state index < -0.39 is 0 Å². The van der Waals surface area contributed by atoms with Crippen LogP contribution in [0.15, 0.2) is 0 Å². The van der Waals surface area contributed by atoms with E-state index >= 15 is 0 Å². The van der Waals surface area contributed by atoms with Crippen LogP contribution in [0.4, 0.5) is 0 Å². The van der Waals surface area contributed by atoms with Crippen LogP contribution in [0.5, 0.6) is 0 Å². The van der Waals surface area contributed by atoms with E-state index in [1.807, 2.05) is 0 Å². The summed E-state index contributed by atoms with van der Waals surface area (Å²) in [5.74, 6) is 0. The molecule has 0 spiro atoms. The number of rotatable bonds is 0. The van der Waals surface area contributed by atoms with Gasteiger partial charge in [-0.1, -0.05) is 0 Å². The fourth-order valence-corrected chi connectivity index (χ4v) is 0. The summed E-state index contributed by atoms with van der Waals surface area (Å²) in [6, 6.07) is 0. The van der Waals surface area contributed by atoms with Crippen molar-refractivity contribution in [3.05, 3.63) is 0 Å². The smallest absolute Gasteiger partial charge is 2.00 e. The Morgan fingerprint density at radius 1 is 0.500 bits per heavy atom. The van der Waals surface area contributed by atoms with Crippen LogP contribution in [0.25, 0.3) is 0 Å². The van der Waals surface area contributed by atoms with Gasteiger partial charge >= 0.3 is 34.7 Å². The van der Waals surface area contributed by atoms with Gasteiger partial charge in [0.1, 0.15) is 0 Å². The van der Waals surface area contributed by atoms with Crippen molar-refractivity contribution in [2.45, 2.75) is 0 Å². The van der Waals surface area contributed by atoms with E-state index in [-0.39, 0.29) is 84.0 Å². The first-order valence-corrected chi connectivity index (χ1v) is 0. The first kappa shape index (κ1) is 278. The van der Waals surface area contributed by atoms with Gasteiger partial charge in [0.05, 0.1) is 0 Å². The molecule has 0 fully saturated rings. The van der Waals surface area contributed by atoms with Gasteiger partial charge in [-0.2, -0.15) is 0 Å². The fraction of sp³-hybridized carbons (Fsp3) is 0. The largest absolute Gasteiger partial charge is 3.00 e. The summed E-state index contributed by atoms with van der Waals surface area (Å²) in [6.07, 6.45) is 0. The Bertz CT molecular complexity index is 12.5. The van der Waals surface area contributed by atoms with E-state index in [2.05, 4.69) is 0 Å². The summed E-state index contributed by atoms with van der Waals surface area (Å²) >= 11 is 0. The maximum Gasteiger partial charge on any atom is 3.00 e. The quantitative estimate of drug-likeness (QED) is 0.349. The summed E-state index contributed by atoms with van der Waals surface area (Å²) in [5, 5.41) is 0. The molecule has 0 N–H and O–H groups in total. The van der Waals surface area contributed by atoms with Gasteiger partial charge in [0.2, 0.25) is 0 Å². The van der Waals surface area contributed by atoms with Crippen molar-refractivity contribution < 1.29 is 16.4 Å². The molecule has 0 bridgehead atoms. The molecule has 8 heavy (non-hydrogen) atoms. The van der Waals surface area contributed by atoms with E-state index in [0.717, 1.165) is 0 Å². The Hall–Kier alpha value is 1.60. The first-order valence-electron chi connectivity index (χ1n) is 0. The summed E-state index contributed by atoms with van der Waals surface area (Å²) in [4.78, 5) is 0. The molecule has 0 aliphatic heterocycles. The van der Waals surface area contributed by atoms with Crippen LogP contribution >= 0.6 is 0 Å². The van der Waals surface area contributed by atoms with Crippen molar-refractivity contribution in [2.24, 2.45) is 0 Å². The third-order valence-corrected chi connectivity index (χ3v) is 0. The predicted molar refractivity (Wildman–Crippen MR) is 42.0 cm³/mol. The van der Waals surface area contributed by atoms with Gasteiger partial charge in [-0.15, -0.1) is 0 Å². The molecule has 0 saturated carbocycles. The molecule has 3 nitrogen and oxygen atoms in total. The molecule has 0 aliphatic rings. The topological polar surface area (TPSA) is 85.5 Å². The minimum Gasteiger partial charge on any atom is -2.00 e. The van der Waals surface area contributed by atoms with Crippen LogP contribution in [0.2, 0.25) is 0 Å². The molecular weight excluding hydrogens is 186 g/mol. The molecule has 0 aliphatic carbocycles. The normalized spacial score (nSPS) is 0. The molecule has 0 atom stereocenters. The SMILES string of the molecule is [Al+3].[Al+3].[O-2].[O-2].[O-2].[SiH4].[SiH4].[Si].